The zero-order valence-electron chi connectivity index (χ0n) is 12.0. The van der Waals surface area contributed by atoms with Crippen LogP contribution in [0, 0.1) is 0 Å². The lowest BCUT2D eigenvalue weighted by atomic mass is 10.1. The number of nitrogens with zero attached hydrogens (tertiary/aromatic N) is 2. The molecule has 1 saturated heterocycles. The molecular formula is C14H22N4O2. The molecule has 2 unspecified atom stereocenters. The Morgan fingerprint density at radius 3 is 2.80 bits per heavy atom. The number of amides is 1. The molecule has 0 aliphatic carbocycles. The average Bonchev–Trinajstić information content (AvgIpc) is 2.47. The third-order valence-electron chi connectivity index (χ3n) is 3.81. The van der Waals surface area contributed by atoms with Crippen LogP contribution in [0.1, 0.15) is 24.2 Å². The minimum Gasteiger partial charge on any atom is -0.380 e. The normalized spacial score (nSPS) is 19.3. The molecule has 2 heterocycles. The molecule has 1 fully saturated rings. The van der Waals surface area contributed by atoms with Gasteiger partial charge in [-0.05, 0) is 19.9 Å². The summed E-state index contributed by atoms with van der Waals surface area (Å²) >= 11 is 0. The zero-order valence-corrected chi connectivity index (χ0v) is 12.0. The number of carbonyl (C=O) groups is 1. The Balaban J connectivity index is 2.03. The molecule has 2 atom stereocenters. The van der Waals surface area contributed by atoms with E-state index in [4.69, 9.17) is 10.5 Å². The summed E-state index contributed by atoms with van der Waals surface area (Å²) in [7, 11) is 0. The van der Waals surface area contributed by atoms with E-state index in [1.165, 1.54) is 6.20 Å². The third kappa shape index (κ3) is 3.46. The summed E-state index contributed by atoms with van der Waals surface area (Å²) in [5, 5.41) is 3.37. The van der Waals surface area contributed by atoms with Crippen molar-refractivity contribution in [2.75, 3.05) is 31.6 Å². The number of hydrogen-bond acceptors (Lipinski definition) is 5. The van der Waals surface area contributed by atoms with Crippen LogP contribution in [0.2, 0.25) is 0 Å². The van der Waals surface area contributed by atoms with Crippen LogP contribution in [0.25, 0.3) is 0 Å². The van der Waals surface area contributed by atoms with E-state index in [0.717, 1.165) is 32.0 Å². The number of rotatable bonds is 5. The number of morpholine rings is 1. The van der Waals surface area contributed by atoms with E-state index in [1.54, 1.807) is 12.3 Å². The molecule has 1 aliphatic heterocycles. The van der Waals surface area contributed by atoms with E-state index < -0.39 is 5.91 Å². The maximum absolute atomic E-state index is 11.4. The highest BCUT2D eigenvalue weighted by Crippen LogP contribution is 2.17. The summed E-state index contributed by atoms with van der Waals surface area (Å²) in [6.07, 6.45) is 3.15. The molecule has 0 aromatic carbocycles. The Kier molecular flexibility index (Phi) is 4.92. The van der Waals surface area contributed by atoms with E-state index in [1.807, 2.05) is 0 Å². The molecule has 6 heteroatoms. The van der Waals surface area contributed by atoms with Gasteiger partial charge in [0.15, 0.2) is 0 Å². The summed E-state index contributed by atoms with van der Waals surface area (Å²) in [5.41, 5.74) is 6.52. The monoisotopic (exact) mass is 278 g/mol. The van der Waals surface area contributed by atoms with Gasteiger partial charge in [-0.15, -0.1) is 0 Å². The van der Waals surface area contributed by atoms with Crippen molar-refractivity contribution in [3.63, 3.8) is 0 Å². The largest absolute Gasteiger partial charge is 0.380 e. The molecular weight excluding hydrogens is 256 g/mol. The molecule has 1 aliphatic rings. The van der Waals surface area contributed by atoms with Crippen LogP contribution in [-0.4, -0.2) is 54.2 Å². The number of ether oxygens (including phenoxy) is 1. The number of carbonyl (C=O) groups excluding carboxylic acids is 1. The van der Waals surface area contributed by atoms with Crippen molar-refractivity contribution in [3.05, 3.63) is 24.0 Å². The second-order valence-electron chi connectivity index (χ2n) is 5.11. The van der Waals surface area contributed by atoms with E-state index in [-0.39, 0.29) is 6.04 Å². The van der Waals surface area contributed by atoms with Gasteiger partial charge in [-0.25, -0.2) is 0 Å². The Hall–Kier alpha value is -1.66. The summed E-state index contributed by atoms with van der Waals surface area (Å²) in [6.45, 7) is 7.70. The molecule has 1 amide bonds. The van der Waals surface area contributed by atoms with Gasteiger partial charge in [0.2, 0.25) is 0 Å². The molecule has 110 valence electrons. The SMILES string of the molecule is CC(Nc1ccncc1C(N)=O)C(C)N1CCOCC1. The van der Waals surface area contributed by atoms with Crippen LogP contribution >= 0.6 is 0 Å². The lowest BCUT2D eigenvalue weighted by molar-refractivity contribution is 0.0176. The van der Waals surface area contributed by atoms with Crippen LogP contribution in [0.4, 0.5) is 5.69 Å². The van der Waals surface area contributed by atoms with Crippen LogP contribution in [0.15, 0.2) is 18.5 Å². The summed E-state index contributed by atoms with van der Waals surface area (Å²) in [5.74, 6) is -0.466. The number of primary amides is 1. The average molecular weight is 278 g/mol. The van der Waals surface area contributed by atoms with Crippen molar-refractivity contribution in [1.82, 2.24) is 9.88 Å². The maximum Gasteiger partial charge on any atom is 0.252 e. The highest BCUT2D eigenvalue weighted by atomic mass is 16.5. The van der Waals surface area contributed by atoms with Crippen LogP contribution in [-0.2, 0) is 4.74 Å². The Morgan fingerprint density at radius 2 is 2.15 bits per heavy atom. The van der Waals surface area contributed by atoms with Gasteiger partial charge in [0.05, 0.1) is 24.5 Å². The first-order valence-corrected chi connectivity index (χ1v) is 6.91. The molecule has 0 radical (unpaired) electrons. The minimum atomic E-state index is -0.466. The Bertz CT molecular complexity index is 460. The summed E-state index contributed by atoms with van der Waals surface area (Å²) < 4.78 is 5.37. The molecule has 20 heavy (non-hydrogen) atoms. The lowest BCUT2D eigenvalue weighted by Gasteiger charge is -2.36. The molecule has 0 spiro atoms. The Labute approximate surface area is 119 Å². The summed E-state index contributed by atoms with van der Waals surface area (Å²) in [6, 6.07) is 2.31. The standard InChI is InChI=1S/C14H22N4O2/c1-10(11(2)18-5-7-20-8-6-18)17-13-3-4-16-9-12(13)14(15)19/h3-4,9-11H,5-8H2,1-2H3,(H2,15,19)(H,16,17). The number of pyridine rings is 1. The Morgan fingerprint density at radius 1 is 1.45 bits per heavy atom. The van der Waals surface area contributed by atoms with Gasteiger partial charge in [0, 0.05) is 37.6 Å². The van der Waals surface area contributed by atoms with Crippen molar-refractivity contribution in [2.45, 2.75) is 25.9 Å². The predicted octanol–water partition coefficient (Wildman–Crippen LogP) is 0.702. The molecule has 3 N–H and O–H groups in total. The minimum absolute atomic E-state index is 0.189. The van der Waals surface area contributed by atoms with E-state index >= 15 is 0 Å². The number of anilines is 1. The van der Waals surface area contributed by atoms with Crippen molar-refractivity contribution >= 4 is 11.6 Å². The van der Waals surface area contributed by atoms with E-state index in [0.29, 0.717) is 11.6 Å². The van der Waals surface area contributed by atoms with Gasteiger partial charge < -0.3 is 15.8 Å². The fourth-order valence-corrected chi connectivity index (χ4v) is 2.38. The van der Waals surface area contributed by atoms with Gasteiger partial charge >= 0.3 is 0 Å². The topological polar surface area (TPSA) is 80.5 Å². The summed E-state index contributed by atoms with van der Waals surface area (Å²) in [4.78, 5) is 17.7. The zero-order chi connectivity index (χ0) is 14.5. The number of nitrogens with one attached hydrogen (secondary N) is 1. The second-order valence-corrected chi connectivity index (χ2v) is 5.11. The highest BCUT2D eigenvalue weighted by molar-refractivity contribution is 5.98. The smallest absolute Gasteiger partial charge is 0.252 e. The predicted molar refractivity (Wildman–Crippen MR) is 77.7 cm³/mol. The van der Waals surface area contributed by atoms with Crippen molar-refractivity contribution in [3.8, 4) is 0 Å². The number of nitrogens with two attached hydrogens (primary N) is 1. The second kappa shape index (κ2) is 6.67. The molecule has 1 aromatic heterocycles. The van der Waals surface area contributed by atoms with Crippen molar-refractivity contribution in [1.29, 1.82) is 0 Å². The van der Waals surface area contributed by atoms with Crippen LogP contribution < -0.4 is 11.1 Å². The molecule has 1 aromatic rings. The number of hydrogen-bond donors (Lipinski definition) is 2. The van der Waals surface area contributed by atoms with E-state index in [9.17, 15) is 4.79 Å². The van der Waals surface area contributed by atoms with Gasteiger partial charge in [-0.3, -0.25) is 14.7 Å². The highest BCUT2D eigenvalue weighted by Gasteiger charge is 2.22. The molecule has 0 saturated carbocycles. The fraction of sp³-hybridized carbons (Fsp3) is 0.571. The van der Waals surface area contributed by atoms with Gasteiger partial charge in [-0.1, -0.05) is 0 Å². The van der Waals surface area contributed by atoms with Crippen LogP contribution in [0.5, 0.6) is 0 Å². The van der Waals surface area contributed by atoms with Gasteiger partial charge in [0.1, 0.15) is 0 Å². The number of aromatic nitrogens is 1. The first-order chi connectivity index (χ1) is 9.59. The van der Waals surface area contributed by atoms with Crippen LogP contribution in [0.3, 0.4) is 0 Å². The lowest BCUT2D eigenvalue weighted by Crippen LogP contribution is -2.48. The van der Waals surface area contributed by atoms with Gasteiger partial charge in [0.25, 0.3) is 5.91 Å². The first kappa shape index (κ1) is 14.7. The fourth-order valence-electron chi connectivity index (χ4n) is 2.38. The van der Waals surface area contributed by atoms with Crippen molar-refractivity contribution < 1.29 is 9.53 Å². The molecule has 6 nitrogen and oxygen atoms in total. The third-order valence-corrected chi connectivity index (χ3v) is 3.81. The van der Waals surface area contributed by atoms with E-state index in [2.05, 4.69) is 29.0 Å². The quantitative estimate of drug-likeness (QED) is 0.829. The molecule has 2 rings (SSSR count). The first-order valence-electron chi connectivity index (χ1n) is 6.91. The molecule has 0 bridgehead atoms. The maximum atomic E-state index is 11.4. The van der Waals surface area contributed by atoms with Crippen molar-refractivity contribution in [2.24, 2.45) is 5.73 Å². The van der Waals surface area contributed by atoms with Gasteiger partial charge in [-0.2, -0.15) is 0 Å².